The first-order valence-electron chi connectivity index (χ1n) is 11.4. The summed E-state index contributed by atoms with van der Waals surface area (Å²) in [5.41, 5.74) is 2.32. The van der Waals surface area contributed by atoms with Crippen molar-refractivity contribution in [3.8, 4) is 11.6 Å². The highest BCUT2D eigenvalue weighted by Crippen LogP contribution is 2.31. The normalized spacial score (nSPS) is 13.5. The van der Waals surface area contributed by atoms with Crippen LogP contribution >= 0.6 is 0 Å². The highest BCUT2D eigenvalue weighted by molar-refractivity contribution is 7.88. The average molecular weight is 508 g/mol. The van der Waals surface area contributed by atoms with Crippen molar-refractivity contribution in [3.05, 3.63) is 71.6 Å². The van der Waals surface area contributed by atoms with E-state index in [4.69, 9.17) is 9.15 Å². The van der Waals surface area contributed by atoms with Crippen LogP contribution in [-0.2, 0) is 15.8 Å². The molecule has 0 radical (unpaired) electrons. The molecule has 10 nitrogen and oxygen atoms in total. The summed E-state index contributed by atoms with van der Waals surface area (Å²) in [6.45, 7) is 1.74. The number of aromatic nitrogens is 2. The molecule has 2 aromatic heterocycles. The fraction of sp³-hybridized carbons (Fsp3) is 0.240. The van der Waals surface area contributed by atoms with Crippen LogP contribution in [0.25, 0.3) is 11.0 Å². The number of hydrogen-bond donors (Lipinski definition) is 3. The van der Waals surface area contributed by atoms with Crippen LogP contribution in [0.2, 0.25) is 0 Å². The van der Waals surface area contributed by atoms with Gasteiger partial charge in [-0.05, 0) is 49.6 Å². The third-order valence-corrected chi connectivity index (χ3v) is 7.01. The SMILES string of the molecule is CNC(=O)c1c(C)oc2cc(Oc3ccnc(Nc4cccc(CS(=O)(=O)NC5CC5)c4)n3)ccc12. The summed E-state index contributed by atoms with van der Waals surface area (Å²) in [6, 6.07) is 14.0. The van der Waals surface area contributed by atoms with E-state index in [0.717, 1.165) is 12.8 Å². The largest absolute Gasteiger partial charge is 0.460 e. The van der Waals surface area contributed by atoms with Gasteiger partial charge in [-0.1, -0.05) is 12.1 Å². The molecular weight excluding hydrogens is 482 g/mol. The van der Waals surface area contributed by atoms with Crippen molar-refractivity contribution < 1.29 is 22.4 Å². The molecule has 0 atom stereocenters. The monoisotopic (exact) mass is 507 g/mol. The molecule has 11 heteroatoms. The number of anilines is 2. The van der Waals surface area contributed by atoms with Crippen LogP contribution in [0.4, 0.5) is 11.6 Å². The number of fused-ring (bicyclic) bond motifs is 1. The maximum Gasteiger partial charge on any atom is 0.255 e. The van der Waals surface area contributed by atoms with E-state index in [0.29, 0.717) is 51.1 Å². The van der Waals surface area contributed by atoms with Crippen molar-refractivity contribution in [2.24, 2.45) is 0 Å². The minimum Gasteiger partial charge on any atom is -0.460 e. The minimum atomic E-state index is -3.38. The molecule has 4 aromatic rings. The molecule has 1 aliphatic rings. The zero-order valence-electron chi connectivity index (χ0n) is 19.7. The molecule has 2 heterocycles. The predicted octanol–water partition coefficient (Wildman–Crippen LogP) is 4.01. The summed E-state index contributed by atoms with van der Waals surface area (Å²) in [6.07, 6.45) is 3.34. The first kappa shape index (κ1) is 23.8. The minimum absolute atomic E-state index is 0.0721. The molecule has 1 aliphatic carbocycles. The molecule has 0 bridgehead atoms. The van der Waals surface area contributed by atoms with Gasteiger partial charge in [-0.15, -0.1) is 0 Å². The Bertz CT molecular complexity index is 1550. The Morgan fingerprint density at radius 2 is 2.00 bits per heavy atom. The molecule has 186 valence electrons. The molecule has 1 fully saturated rings. The van der Waals surface area contributed by atoms with Crippen molar-refractivity contribution in [1.29, 1.82) is 0 Å². The summed E-state index contributed by atoms with van der Waals surface area (Å²) in [7, 11) is -1.81. The Morgan fingerprint density at radius 1 is 1.17 bits per heavy atom. The van der Waals surface area contributed by atoms with E-state index < -0.39 is 10.0 Å². The zero-order valence-corrected chi connectivity index (χ0v) is 20.6. The number of nitrogens with zero attached hydrogens (tertiary/aromatic N) is 2. The third-order valence-electron chi connectivity index (χ3n) is 5.61. The van der Waals surface area contributed by atoms with Crippen LogP contribution in [0.1, 0.15) is 34.5 Å². The van der Waals surface area contributed by atoms with Gasteiger partial charge in [-0.2, -0.15) is 4.98 Å². The molecule has 0 aliphatic heterocycles. The highest BCUT2D eigenvalue weighted by Gasteiger charge is 2.27. The topological polar surface area (TPSA) is 135 Å². The van der Waals surface area contributed by atoms with Gasteiger partial charge >= 0.3 is 0 Å². The number of benzene rings is 2. The number of carbonyl (C=O) groups excluding carboxylic acids is 1. The highest BCUT2D eigenvalue weighted by atomic mass is 32.2. The van der Waals surface area contributed by atoms with Gasteiger partial charge in [-0.3, -0.25) is 4.79 Å². The van der Waals surface area contributed by atoms with E-state index in [1.165, 1.54) is 0 Å². The molecule has 2 aromatic carbocycles. The van der Waals surface area contributed by atoms with Crippen molar-refractivity contribution in [2.45, 2.75) is 31.6 Å². The number of aryl methyl sites for hydroxylation is 1. The Kier molecular flexibility index (Phi) is 6.33. The van der Waals surface area contributed by atoms with Crippen molar-refractivity contribution >= 4 is 38.5 Å². The van der Waals surface area contributed by atoms with Gasteiger partial charge in [0.15, 0.2) is 0 Å². The standard InChI is InChI=1S/C25H25N5O5S/c1-15-23(24(31)26-2)20-9-8-19(13-21(20)34-15)35-22-10-11-27-25(29-22)28-18-5-3-4-16(12-18)14-36(32,33)30-17-6-7-17/h3-5,8-13,17,30H,6-7,14H2,1-2H3,(H,26,31)(H,27,28,29). The number of nitrogens with one attached hydrogen (secondary N) is 3. The number of furan rings is 1. The summed E-state index contributed by atoms with van der Waals surface area (Å²) in [5.74, 6) is 1.29. The van der Waals surface area contributed by atoms with E-state index in [1.54, 1.807) is 68.7 Å². The Hall–Kier alpha value is -3.96. The fourth-order valence-electron chi connectivity index (χ4n) is 3.83. The first-order valence-corrected chi connectivity index (χ1v) is 13.1. The maximum absolute atomic E-state index is 12.3. The van der Waals surface area contributed by atoms with Crippen molar-refractivity contribution in [1.82, 2.24) is 20.0 Å². The summed E-state index contributed by atoms with van der Waals surface area (Å²) in [5, 5.41) is 6.40. The third kappa shape index (κ3) is 5.47. The number of carbonyl (C=O) groups is 1. The molecule has 1 saturated carbocycles. The van der Waals surface area contributed by atoms with E-state index in [-0.39, 0.29) is 17.7 Å². The first-order chi connectivity index (χ1) is 17.3. The summed E-state index contributed by atoms with van der Waals surface area (Å²) < 4.78 is 38.9. The second-order valence-corrected chi connectivity index (χ2v) is 10.3. The summed E-state index contributed by atoms with van der Waals surface area (Å²) >= 11 is 0. The van der Waals surface area contributed by atoms with E-state index >= 15 is 0 Å². The Balaban J connectivity index is 1.30. The number of amides is 1. The molecular formula is C25H25N5O5S. The van der Waals surface area contributed by atoms with Crippen molar-refractivity contribution in [3.63, 3.8) is 0 Å². The van der Waals surface area contributed by atoms with Gasteiger partial charge in [0.05, 0.1) is 11.3 Å². The smallest absolute Gasteiger partial charge is 0.255 e. The van der Waals surface area contributed by atoms with Gasteiger partial charge in [0.25, 0.3) is 5.91 Å². The van der Waals surface area contributed by atoms with E-state index in [9.17, 15) is 13.2 Å². The Morgan fingerprint density at radius 3 is 2.78 bits per heavy atom. The van der Waals surface area contributed by atoms with Gasteiger partial charge in [-0.25, -0.2) is 18.1 Å². The lowest BCUT2D eigenvalue weighted by Gasteiger charge is -2.10. The van der Waals surface area contributed by atoms with E-state index in [2.05, 4.69) is 25.3 Å². The number of ether oxygens (including phenoxy) is 1. The van der Waals surface area contributed by atoms with Crippen molar-refractivity contribution in [2.75, 3.05) is 12.4 Å². The molecule has 0 saturated heterocycles. The lowest BCUT2D eigenvalue weighted by atomic mass is 10.1. The predicted molar refractivity (Wildman–Crippen MR) is 135 cm³/mol. The van der Waals surface area contributed by atoms with Crippen LogP contribution in [0.5, 0.6) is 11.6 Å². The second kappa shape index (κ2) is 9.59. The van der Waals surface area contributed by atoms with Crippen LogP contribution in [0.3, 0.4) is 0 Å². The quantitative estimate of drug-likeness (QED) is 0.309. The molecule has 36 heavy (non-hydrogen) atoms. The van der Waals surface area contributed by atoms with Crippen LogP contribution < -0.4 is 20.1 Å². The van der Waals surface area contributed by atoms with Gasteiger partial charge in [0.1, 0.15) is 17.1 Å². The van der Waals surface area contributed by atoms with Crippen LogP contribution in [0, 0.1) is 6.92 Å². The molecule has 1 amide bonds. The molecule has 5 rings (SSSR count). The van der Waals surface area contributed by atoms with E-state index in [1.807, 2.05) is 0 Å². The lowest BCUT2D eigenvalue weighted by molar-refractivity contribution is 0.0963. The average Bonchev–Trinajstić information content (AvgIpc) is 3.57. The number of hydrogen-bond acceptors (Lipinski definition) is 8. The fourth-order valence-corrected chi connectivity index (χ4v) is 5.28. The van der Waals surface area contributed by atoms with Gasteiger partial charge in [0.2, 0.25) is 21.9 Å². The zero-order chi connectivity index (χ0) is 25.3. The summed E-state index contributed by atoms with van der Waals surface area (Å²) in [4.78, 5) is 20.8. The molecule has 0 spiro atoms. The number of rotatable bonds is 9. The van der Waals surface area contributed by atoms with Crippen LogP contribution in [-0.4, -0.2) is 37.4 Å². The van der Waals surface area contributed by atoms with Crippen LogP contribution in [0.15, 0.2) is 59.1 Å². The molecule has 0 unspecified atom stereocenters. The lowest BCUT2D eigenvalue weighted by Crippen LogP contribution is -2.27. The molecule has 3 N–H and O–H groups in total. The van der Waals surface area contributed by atoms with Gasteiger partial charge < -0.3 is 19.8 Å². The maximum atomic E-state index is 12.3. The Labute approximate surface area is 208 Å². The van der Waals surface area contributed by atoms with Gasteiger partial charge in [0, 0.05) is 42.5 Å². The number of sulfonamides is 1. The second-order valence-electron chi connectivity index (χ2n) is 8.57.